The van der Waals surface area contributed by atoms with E-state index in [4.69, 9.17) is 11.6 Å². The Morgan fingerprint density at radius 3 is 2.72 bits per heavy atom. The van der Waals surface area contributed by atoms with Crippen LogP contribution in [0.1, 0.15) is 35.7 Å². The van der Waals surface area contributed by atoms with Gasteiger partial charge in [0.1, 0.15) is 0 Å². The van der Waals surface area contributed by atoms with Gasteiger partial charge in [0.15, 0.2) is 0 Å². The van der Waals surface area contributed by atoms with Crippen molar-refractivity contribution in [1.29, 1.82) is 0 Å². The summed E-state index contributed by atoms with van der Waals surface area (Å²) in [5, 5.41) is 3.40. The maximum Gasteiger partial charge on any atom is 0.0487 e. The van der Waals surface area contributed by atoms with Gasteiger partial charge in [-0.2, -0.15) is 0 Å². The zero-order valence-electron chi connectivity index (χ0n) is 10.4. The highest BCUT2D eigenvalue weighted by Gasteiger charge is 2.22. The summed E-state index contributed by atoms with van der Waals surface area (Å²) in [6, 6.07) is 10.7. The Kier molecular flexibility index (Phi) is 3.38. The lowest BCUT2D eigenvalue weighted by Gasteiger charge is -2.15. The van der Waals surface area contributed by atoms with Crippen molar-refractivity contribution in [3.63, 3.8) is 0 Å². The van der Waals surface area contributed by atoms with Crippen molar-refractivity contribution in [2.45, 2.75) is 31.0 Å². The Hall–Kier alpha value is -0.530. The fourth-order valence-corrected chi connectivity index (χ4v) is 4.29. The summed E-state index contributed by atoms with van der Waals surface area (Å²) in [5.74, 6) is 0.763. The molecule has 0 heterocycles. The van der Waals surface area contributed by atoms with Crippen molar-refractivity contribution in [2.75, 3.05) is 0 Å². The minimum atomic E-state index is 0.437. The molecule has 0 radical (unpaired) electrons. The summed E-state index contributed by atoms with van der Waals surface area (Å²) in [4.78, 5) is 0.437. The third-order valence-corrected chi connectivity index (χ3v) is 5.15. The molecule has 1 aliphatic carbocycles. The number of alkyl halides is 1. The van der Waals surface area contributed by atoms with Gasteiger partial charge in [-0.25, -0.2) is 0 Å². The van der Waals surface area contributed by atoms with Gasteiger partial charge in [0.05, 0.1) is 0 Å². The van der Waals surface area contributed by atoms with Gasteiger partial charge in [-0.15, -0.1) is 0 Å². The Morgan fingerprint density at radius 1 is 1.22 bits per heavy atom. The van der Waals surface area contributed by atoms with Crippen LogP contribution in [0.3, 0.4) is 0 Å². The van der Waals surface area contributed by atoms with E-state index in [2.05, 4.69) is 53.2 Å². The molecule has 1 aliphatic rings. The van der Waals surface area contributed by atoms with Crippen LogP contribution in [0.5, 0.6) is 0 Å². The Balaban J connectivity index is 2.28. The molecule has 2 atom stereocenters. The first-order valence-corrected chi connectivity index (χ1v) is 7.80. The van der Waals surface area contributed by atoms with Crippen LogP contribution in [-0.4, -0.2) is 0 Å². The van der Waals surface area contributed by atoms with E-state index in [1.54, 1.807) is 0 Å². The zero-order valence-corrected chi connectivity index (χ0v) is 12.8. The predicted octanol–water partition coefficient (Wildman–Crippen LogP) is 5.90. The molecule has 3 rings (SSSR count). The summed E-state index contributed by atoms with van der Waals surface area (Å²) in [6.45, 7) is 2.34. The summed E-state index contributed by atoms with van der Waals surface area (Å²) in [6.07, 6.45) is 3.62. The second kappa shape index (κ2) is 4.86. The molecule has 0 spiro atoms. The van der Waals surface area contributed by atoms with Gasteiger partial charge >= 0.3 is 0 Å². The standard InChI is InChI=1S/C16H16BrCl/c1-10-6-7-12-11-4-2-3-5-13(11)16(18)9-14(12)15(17)8-10/h2-5,9-10,15H,6-8H2,1H3. The van der Waals surface area contributed by atoms with Gasteiger partial charge in [-0.1, -0.05) is 58.7 Å². The first kappa shape index (κ1) is 12.5. The first-order valence-electron chi connectivity index (χ1n) is 6.51. The number of benzene rings is 2. The summed E-state index contributed by atoms with van der Waals surface area (Å²) < 4.78 is 0. The fraction of sp³-hybridized carbons (Fsp3) is 0.375. The van der Waals surface area contributed by atoms with Gasteiger partial charge in [0, 0.05) is 15.2 Å². The van der Waals surface area contributed by atoms with E-state index in [9.17, 15) is 0 Å². The lowest BCUT2D eigenvalue weighted by molar-refractivity contribution is 0.508. The molecular formula is C16H16BrCl. The third-order valence-electron chi connectivity index (χ3n) is 3.97. The topological polar surface area (TPSA) is 0 Å². The normalized spacial score (nSPS) is 23.7. The van der Waals surface area contributed by atoms with Crippen LogP contribution in [0.2, 0.25) is 5.02 Å². The maximum atomic E-state index is 6.43. The SMILES string of the molecule is CC1CCc2c(cc(Cl)c3ccccc23)C(Br)C1. The Labute approximate surface area is 121 Å². The molecule has 0 amide bonds. The molecule has 0 fully saturated rings. The van der Waals surface area contributed by atoms with Gasteiger partial charge in [-0.05, 0) is 47.8 Å². The maximum absolute atomic E-state index is 6.43. The molecule has 0 saturated carbocycles. The minimum absolute atomic E-state index is 0.437. The number of rotatable bonds is 0. The molecule has 0 N–H and O–H groups in total. The lowest BCUT2D eigenvalue weighted by atomic mass is 9.95. The van der Waals surface area contributed by atoms with Gasteiger partial charge in [0.25, 0.3) is 0 Å². The summed E-state index contributed by atoms with van der Waals surface area (Å²) in [5.41, 5.74) is 2.88. The van der Waals surface area contributed by atoms with Crippen LogP contribution in [0.25, 0.3) is 10.8 Å². The van der Waals surface area contributed by atoms with Crippen LogP contribution in [-0.2, 0) is 6.42 Å². The molecular weight excluding hydrogens is 308 g/mol. The molecule has 0 saturated heterocycles. The molecule has 2 heteroatoms. The molecule has 18 heavy (non-hydrogen) atoms. The van der Waals surface area contributed by atoms with E-state index in [1.807, 2.05) is 0 Å². The lowest BCUT2D eigenvalue weighted by Crippen LogP contribution is -1.96. The van der Waals surface area contributed by atoms with E-state index in [0.29, 0.717) is 4.83 Å². The molecule has 0 bridgehead atoms. The van der Waals surface area contributed by atoms with E-state index in [-0.39, 0.29) is 0 Å². The summed E-state index contributed by atoms with van der Waals surface area (Å²) >= 11 is 10.3. The highest BCUT2D eigenvalue weighted by atomic mass is 79.9. The number of hydrogen-bond acceptors (Lipinski definition) is 0. The molecule has 0 nitrogen and oxygen atoms in total. The third kappa shape index (κ3) is 2.08. The molecule has 2 aromatic carbocycles. The zero-order chi connectivity index (χ0) is 12.7. The second-order valence-corrected chi connectivity index (χ2v) is 6.83. The van der Waals surface area contributed by atoms with Crippen LogP contribution in [0.15, 0.2) is 30.3 Å². The van der Waals surface area contributed by atoms with E-state index in [1.165, 1.54) is 34.7 Å². The van der Waals surface area contributed by atoms with Crippen molar-refractivity contribution in [1.82, 2.24) is 0 Å². The van der Waals surface area contributed by atoms with Crippen LogP contribution in [0.4, 0.5) is 0 Å². The van der Waals surface area contributed by atoms with Crippen LogP contribution >= 0.6 is 27.5 Å². The number of aryl methyl sites for hydroxylation is 1. The number of halogens is 2. The number of fused-ring (bicyclic) bond motifs is 3. The van der Waals surface area contributed by atoms with E-state index in [0.717, 1.165) is 17.4 Å². The average molecular weight is 324 g/mol. The Morgan fingerprint density at radius 2 is 1.94 bits per heavy atom. The first-order chi connectivity index (χ1) is 8.66. The largest absolute Gasteiger partial charge is 0.0839 e. The fourth-order valence-electron chi connectivity index (χ4n) is 2.96. The monoisotopic (exact) mass is 322 g/mol. The quantitative estimate of drug-likeness (QED) is 0.418. The van der Waals surface area contributed by atoms with Crippen LogP contribution in [0, 0.1) is 5.92 Å². The van der Waals surface area contributed by atoms with Crippen molar-refractivity contribution in [2.24, 2.45) is 5.92 Å². The van der Waals surface area contributed by atoms with Crippen molar-refractivity contribution in [3.8, 4) is 0 Å². The van der Waals surface area contributed by atoms with E-state index < -0.39 is 0 Å². The molecule has 0 aliphatic heterocycles. The second-order valence-electron chi connectivity index (χ2n) is 5.32. The average Bonchev–Trinajstić information content (AvgIpc) is 2.50. The van der Waals surface area contributed by atoms with E-state index >= 15 is 0 Å². The van der Waals surface area contributed by atoms with Crippen molar-refractivity contribution in [3.05, 3.63) is 46.5 Å². The number of hydrogen-bond donors (Lipinski definition) is 0. The van der Waals surface area contributed by atoms with Crippen LogP contribution < -0.4 is 0 Å². The van der Waals surface area contributed by atoms with Gasteiger partial charge < -0.3 is 0 Å². The summed E-state index contributed by atoms with van der Waals surface area (Å²) in [7, 11) is 0. The highest BCUT2D eigenvalue weighted by molar-refractivity contribution is 9.09. The molecule has 2 unspecified atom stereocenters. The highest BCUT2D eigenvalue weighted by Crippen LogP contribution is 2.42. The Bertz CT molecular complexity index is 591. The molecule has 0 aromatic heterocycles. The van der Waals surface area contributed by atoms with Crippen molar-refractivity contribution < 1.29 is 0 Å². The van der Waals surface area contributed by atoms with Gasteiger partial charge in [-0.3, -0.25) is 0 Å². The van der Waals surface area contributed by atoms with Crippen molar-refractivity contribution >= 4 is 38.3 Å². The molecule has 2 aromatic rings. The smallest absolute Gasteiger partial charge is 0.0487 e. The van der Waals surface area contributed by atoms with Gasteiger partial charge in [0.2, 0.25) is 0 Å². The predicted molar refractivity (Wildman–Crippen MR) is 82.7 cm³/mol. The minimum Gasteiger partial charge on any atom is -0.0839 e. The molecule has 94 valence electrons.